The molecule has 0 bridgehead atoms. The number of aromatic nitrogens is 4. The molecule has 1 N–H and O–H groups in total. The average Bonchev–Trinajstić information content (AvgIpc) is 3.18. The summed E-state index contributed by atoms with van der Waals surface area (Å²) in [6.45, 7) is 2.57. The highest BCUT2D eigenvalue weighted by atomic mass is 16.3. The minimum atomic E-state index is -0.371. The molecule has 2 aromatic rings. The Balaban J connectivity index is 1.63. The van der Waals surface area contributed by atoms with E-state index in [9.17, 15) is 9.90 Å². The third-order valence-electron chi connectivity index (χ3n) is 4.22. The van der Waals surface area contributed by atoms with Gasteiger partial charge in [0.15, 0.2) is 0 Å². The molecule has 0 saturated carbocycles. The van der Waals surface area contributed by atoms with Crippen LogP contribution in [0.15, 0.2) is 30.6 Å². The number of amides is 1. The van der Waals surface area contributed by atoms with Crippen LogP contribution in [-0.2, 0) is 11.2 Å². The van der Waals surface area contributed by atoms with Crippen LogP contribution >= 0.6 is 0 Å². The van der Waals surface area contributed by atoms with Crippen molar-refractivity contribution in [3.05, 3.63) is 36.2 Å². The molecule has 1 fully saturated rings. The van der Waals surface area contributed by atoms with Crippen LogP contribution in [0, 0.1) is 0 Å². The molecule has 1 saturated heterocycles. The van der Waals surface area contributed by atoms with Crippen molar-refractivity contribution in [2.75, 3.05) is 6.54 Å². The molecule has 7 heteroatoms. The van der Waals surface area contributed by atoms with E-state index >= 15 is 0 Å². The Labute approximate surface area is 134 Å². The quantitative estimate of drug-likeness (QED) is 0.888. The minimum absolute atomic E-state index is 0.128. The van der Waals surface area contributed by atoms with E-state index in [0.29, 0.717) is 12.8 Å². The zero-order valence-electron chi connectivity index (χ0n) is 13.2. The number of aliphatic hydroxyl groups is 1. The summed E-state index contributed by atoms with van der Waals surface area (Å²) in [6, 6.07) is 7.82. The van der Waals surface area contributed by atoms with Crippen LogP contribution in [0.1, 0.15) is 31.7 Å². The van der Waals surface area contributed by atoms with Gasteiger partial charge in [0.1, 0.15) is 6.33 Å². The van der Waals surface area contributed by atoms with E-state index in [4.69, 9.17) is 0 Å². The summed E-state index contributed by atoms with van der Waals surface area (Å²) < 4.78 is 1.57. The van der Waals surface area contributed by atoms with E-state index in [1.807, 2.05) is 29.2 Å². The Bertz CT molecular complexity index is 639. The standard InChI is InChI=1S/C16H21N5O2/c1-12(22)9-15-3-2-8-20(15)16(23)10-13-4-6-14(7-5-13)21-11-17-18-19-21/h4-7,11-12,15,22H,2-3,8-10H2,1H3. The number of hydrogen-bond acceptors (Lipinski definition) is 5. The molecule has 122 valence electrons. The van der Waals surface area contributed by atoms with Gasteiger partial charge in [-0.05, 0) is 54.3 Å². The number of likely N-dealkylation sites (tertiary alicyclic amines) is 1. The highest BCUT2D eigenvalue weighted by Crippen LogP contribution is 2.22. The predicted octanol–water partition coefficient (Wildman–Crippen LogP) is 0.967. The lowest BCUT2D eigenvalue weighted by atomic mass is 10.1. The maximum Gasteiger partial charge on any atom is 0.227 e. The van der Waals surface area contributed by atoms with Crippen LogP contribution < -0.4 is 0 Å². The van der Waals surface area contributed by atoms with Gasteiger partial charge in [-0.15, -0.1) is 5.10 Å². The molecule has 0 radical (unpaired) electrons. The normalized spacial score (nSPS) is 19.0. The van der Waals surface area contributed by atoms with Gasteiger partial charge in [-0.25, -0.2) is 4.68 Å². The van der Waals surface area contributed by atoms with Gasteiger partial charge in [0.2, 0.25) is 5.91 Å². The first kappa shape index (κ1) is 15.6. The molecule has 2 heterocycles. The van der Waals surface area contributed by atoms with E-state index in [0.717, 1.165) is 30.6 Å². The Kier molecular flexibility index (Phi) is 4.66. The fraction of sp³-hybridized carbons (Fsp3) is 0.500. The average molecular weight is 315 g/mol. The second-order valence-corrected chi connectivity index (χ2v) is 6.07. The van der Waals surface area contributed by atoms with Crippen LogP contribution in [0.25, 0.3) is 5.69 Å². The summed E-state index contributed by atoms with van der Waals surface area (Å²) in [4.78, 5) is 14.4. The lowest BCUT2D eigenvalue weighted by Crippen LogP contribution is -2.38. The molecule has 1 aromatic heterocycles. The fourth-order valence-electron chi connectivity index (χ4n) is 3.13. The van der Waals surface area contributed by atoms with Crippen molar-refractivity contribution in [3.63, 3.8) is 0 Å². The first-order valence-electron chi connectivity index (χ1n) is 7.93. The van der Waals surface area contributed by atoms with Crippen LogP contribution in [0.3, 0.4) is 0 Å². The van der Waals surface area contributed by atoms with Crippen molar-refractivity contribution < 1.29 is 9.90 Å². The summed E-state index contributed by atoms with van der Waals surface area (Å²) in [5.41, 5.74) is 1.83. The highest BCUT2D eigenvalue weighted by Gasteiger charge is 2.29. The second-order valence-electron chi connectivity index (χ2n) is 6.07. The summed E-state index contributed by atoms with van der Waals surface area (Å²) in [6.07, 6.45) is 4.20. The number of rotatable bonds is 5. The maximum atomic E-state index is 12.5. The first-order chi connectivity index (χ1) is 11.1. The summed E-state index contributed by atoms with van der Waals surface area (Å²) in [5.74, 6) is 0.128. The molecule has 1 aliphatic heterocycles. The number of carbonyl (C=O) groups excluding carboxylic acids is 1. The highest BCUT2D eigenvalue weighted by molar-refractivity contribution is 5.79. The van der Waals surface area contributed by atoms with Crippen LogP contribution in [0.4, 0.5) is 0 Å². The molecular weight excluding hydrogens is 294 g/mol. The number of benzene rings is 1. The minimum Gasteiger partial charge on any atom is -0.393 e. The molecule has 2 unspecified atom stereocenters. The van der Waals surface area contributed by atoms with Gasteiger partial charge in [-0.2, -0.15) is 0 Å². The number of tetrazole rings is 1. The van der Waals surface area contributed by atoms with E-state index < -0.39 is 0 Å². The SMILES string of the molecule is CC(O)CC1CCCN1C(=O)Cc1ccc(-n2cnnn2)cc1. The summed E-state index contributed by atoms with van der Waals surface area (Å²) in [5, 5.41) is 20.6. The Morgan fingerprint density at radius 2 is 2.17 bits per heavy atom. The molecule has 23 heavy (non-hydrogen) atoms. The maximum absolute atomic E-state index is 12.5. The van der Waals surface area contributed by atoms with E-state index in [2.05, 4.69) is 15.5 Å². The van der Waals surface area contributed by atoms with Gasteiger partial charge in [0.05, 0.1) is 18.2 Å². The number of aliphatic hydroxyl groups excluding tert-OH is 1. The van der Waals surface area contributed by atoms with Gasteiger partial charge in [-0.3, -0.25) is 4.79 Å². The van der Waals surface area contributed by atoms with Crippen molar-refractivity contribution in [2.45, 2.75) is 44.8 Å². The fourth-order valence-corrected chi connectivity index (χ4v) is 3.13. The molecule has 1 aliphatic rings. The largest absolute Gasteiger partial charge is 0.393 e. The van der Waals surface area contributed by atoms with Crippen molar-refractivity contribution in [1.82, 2.24) is 25.1 Å². The van der Waals surface area contributed by atoms with E-state index in [-0.39, 0.29) is 18.1 Å². The molecule has 7 nitrogen and oxygen atoms in total. The van der Waals surface area contributed by atoms with Gasteiger partial charge < -0.3 is 10.0 Å². The predicted molar refractivity (Wildman–Crippen MR) is 83.9 cm³/mol. The van der Waals surface area contributed by atoms with E-state index in [1.165, 1.54) is 6.33 Å². The van der Waals surface area contributed by atoms with Crippen molar-refractivity contribution in [3.8, 4) is 5.69 Å². The van der Waals surface area contributed by atoms with Gasteiger partial charge in [0, 0.05) is 12.6 Å². The zero-order valence-corrected chi connectivity index (χ0v) is 13.2. The third-order valence-corrected chi connectivity index (χ3v) is 4.22. The Morgan fingerprint density at radius 3 is 2.83 bits per heavy atom. The topological polar surface area (TPSA) is 84.1 Å². The Morgan fingerprint density at radius 1 is 1.39 bits per heavy atom. The molecule has 2 atom stereocenters. The van der Waals surface area contributed by atoms with Gasteiger partial charge in [-0.1, -0.05) is 12.1 Å². The van der Waals surface area contributed by atoms with E-state index in [1.54, 1.807) is 11.6 Å². The first-order valence-corrected chi connectivity index (χ1v) is 7.93. The number of carbonyl (C=O) groups is 1. The van der Waals surface area contributed by atoms with Crippen LogP contribution in [-0.4, -0.2) is 54.8 Å². The summed E-state index contributed by atoms with van der Waals surface area (Å²) in [7, 11) is 0. The molecule has 0 spiro atoms. The van der Waals surface area contributed by atoms with Crippen LogP contribution in [0.5, 0.6) is 0 Å². The lowest BCUT2D eigenvalue weighted by molar-refractivity contribution is -0.131. The smallest absolute Gasteiger partial charge is 0.227 e. The molecular formula is C16H21N5O2. The van der Waals surface area contributed by atoms with Gasteiger partial charge >= 0.3 is 0 Å². The number of nitrogens with zero attached hydrogens (tertiary/aromatic N) is 5. The molecule has 3 rings (SSSR count). The van der Waals surface area contributed by atoms with Crippen molar-refractivity contribution >= 4 is 5.91 Å². The third kappa shape index (κ3) is 3.73. The van der Waals surface area contributed by atoms with Crippen LogP contribution in [0.2, 0.25) is 0 Å². The lowest BCUT2D eigenvalue weighted by Gasteiger charge is -2.25. The summed E-state index contributed by atoms with van der Waals surface area (Å²) >= 11 is 0. The molecule has 1 aromatic carbocycles. The molecule has 0 aliphatic carbocycles. The van der Waals surface area contributed by atoms with Gasteiger partial charge in [0.25, 0.3) is 0 Å². The monoisotopic (exact) mass is 315 g/mol. The van der Waals surface area contributed by atoms with Crippen molar-refractivity contribution in [1.29, 1.82) is 0 Å². The number of hydrogen-bond donors (Lipinski definition) is 1. The van der Waals surface area contributed by atoms with Crippen molar-refractivity contribution in [2.24, 2.45) is 0 Å². The molecule has 1 amide bonds. The Hall–Kier alpha value is -2.28. The zero-order chi connectivity index (χ0) is 16.2. The second kappa shape index (κ2) is 6.87.